The summed E-state index contributed by atoms with van der Waals surface area (Å²) in [5.41, 5.74) is 11.5. The largest absolute Gasteiger partial charge is 1.00 e. The molecule has 5 aromatic rings. The van der Waals surface area contributed by atoms with Crippen molar-refractivity contribution in [1.29, 1.82) is 0 Å². The first kappa shape index (κ1) is 42.9. The number of aryl methyl sites for hydroxylation is 7. The monoisotopic (exact) mass is 760 g/mol. The molecule has 0 bridgehead atoms. The number of anilines is 2. The quantitative estimate of drug-likeness (QED) is 0.220. The zero-order valence-corrected chi connectivity index (χ0v) is 31.7. The summed E-state index contributed by atoms with van der Waals surface area (Å²) in [6.45, 7) is 15.1. The Bertz CT molecular complexity index is 1370. The molecule has 3 heterocycles. The second kappa shape index (κ2) is 22.4. The van der Waals surface area contributed by atoms with Crippen molar-refractivity contribution in [2.45, 2.75) is 54.0 Å². The summed E-state index contributed by atoms with van der Waals surface area (Å²) in [5, 5.41) is 0. The van der Waals surface area contributed by atoms with Crippen LogP contribution < -0.4 is 34.6 Å². The van der Waals surface area contributed by atoms with E-state index in [1.54, 1.807) is 24.8 Å². The summed E-state index contributed by atoms with van der Waals surface area (Å²) in [6.07, 6.45) is 11.3. The molecular formula is C38H44Cl2N4RuS-2. The Labute approximate surface area is 307 Å². The van der Waals surface area contributed by atoms with Gasteiger partial charge in [-0.15, -0.1) is 12.6 Å². The van der Waals surface area contributed by atoms with Crippen LogP contribution in [0.5, 0.6) is 0 Å². The topological polar surface area (TPSA) is 32.3 Å². The van der Waals surface area contributed by atoms with E-state index < -0.39 is 0 Å². The Kier molecular flexibility index (Phi) is 20.9. The van der Waals surface area contributed by atoms with E-state index in [9.17, 15) is 0 Å². The molecule has 3 aromatic carbocycles. The van der Waals surface area contributed by atoms with E-state index in [0.29, 0.717) is 0 Å². The molecule has 0 amide bonds. The number of halogens is 2. The van der Waals surface area contributed by atoms with Crippen molar-refractivity contribution in [1.82, 2.24) is 9.97 Å². The van der Waals surface area contributed by atoms with Gasteiger partial charge in [-0.3, -0.25) is 9.97 Å². The Hall–Kier alpha value is -3.15. The molecule has 0 saturated carbocycles. The number of rotatable bonds is 2. The maximum absolute atomic E-state index is 4.94. The summed E-state index contributed by atoms with van der Waals surface area (Å²) in [7, 11) is 0. The zero-order valence-electron chi connectivity index (χ0n) is 27.5. The first-order valence-corrected chi connectivity index (χ1v) is 15.0. The van der Waals surface area contributed by atoms with Crippen LogP contribution in [-0.4, -0.2) is 15.5 Å². The van der Waals surface area contributed by atoms with Crippen LogP contribution in [-0.2, 0) is 19.5 Å². The van der Waals surface area contributed by atoms with Gasteiger partial charge in [0.25, 0.3) is 0 Å². The Morgan fingerprint density at radius 2 is 0.783 bits per heavy atom. The smallest absolute Gasteiger partial charge is 0.155 e. The number of aromatic nitrogens is 2. The third-order valence-corrected chi connectivity index (χ3v) is 7.24. The van der Waals surface area contributed by atoms with E-state index in [0.717, 1.165) is 0 Å². The van der Waals surface area contributed by atoms with Crippen molar-refractivity contribution in [3.63, 3.8) is 0 Å². The summed E-state index contributed by atoms with van der Waals surface area (Å²) in [6, 6.07) is 30.6. The fourth-order valence-electron chi connectivity index (χ4n) is 5.13. The van der Waals surface area contributed by atoms with Gasteiger partial charge in [0.05, 0.1) is 0 Å². The van der Waals surface area contributed by atoms with Crippen LogP contribution in [0.1, 0.15) is 38.9 Å². The van der Waals surface area contributed by atoms with Crippen LogP contribution in [0.3, 0.4) is 0 Å². The molecule has 246 valence electrons. The van der Waals surface area contributed by atoms with Gasteiger partial charge >= 0.3 is 0 Å². The van der Waals surface area contributed by atoms with Crippen molar-refractivity contribution < 1.29 is 44.3 Å². The van der Waals surface area contributed by atoms with Crippen LogP contribution in [0, 0.1) is 48.5 Å². The fourth-order valence-corrected chi connectivity index (χ4v) is 5.52. The molecule has 6 rings (SSSR count). The molecule has 0 radical (unpaired) electrons. The number of hydrogen-bond donors (Lipinski definition) is 1. The molecule has 0 saturated heterocycles. The molecule has 0 spiro atoms. The summed E-state index contributed by atoms with van der Waals surface area (Å²) in [4.78, 5) is 12.1. The molecule has 1 aliphatic heterocycles. The first-order chi connectivity index (χ1) is 20.7. The van der Waals surface area contributed by atoms with E-state index in [-0.39, 0.29) is 49.8 Å². The van der Waals surface area contributed by atoms with Gasteiger partial charge in [0.2, 0.25) is 0 Å². The zero-order chi connectivity index (χ0) is 31.2. The van der Waals surface area contributed by atoms with Crippen molar-refractivity contribution in [2.24, 2.45) is 0 Å². The maximum Gasteiger partial charge on any atom is 0.155 e. The average molecular weight is 761 g/mol. The van der Waals surface area contributed by atoms with Gasteiger partial charge in [0.1, 0.15) is 0 Å². The van der Waals surface area contributed by atoms with Gasteiger partial charge < -0.3 is 34.6 Å². The van der Waals surface area contributed by atoms with Crippen molar-refractivity contribution >= 4 is 24.0 Å². The second-order valence-electron chi connectivity index (χ2n) is 10.7. The predicted octanol–water partition coefficient (Wildman–Crippen LogP) is 3.71. The Balaban J connectivity index is 0.000000748. The molecule has 8 heteroatoms. The molecule has 1 aliphatic rings. The number of nitrogens with zero attached hydrogens (tertiary/aromatic N) is 4. The molecule has 4 nitrogen and oxygen atoms in total. The minimum absolute atomic E-state index is 0. The minimum Gasteiger partial charge on any atom is -1.00 e. The molecule has 0 aliphatic carbocycles. The molecular weight excluding hydrogens is 716 g/mol. The fraction of sp³-hybridized carbons (Fsp3) is 0.211. The van der Waals surface area contributed by atoms with Crippen LogP contribution in [0.15, 0.2) is 128 Å². The standard InChI is InChI=1S/C21H26N2S.C7H8.2C5H5N.2ClH.Ru/c1-13-9-15(3)19(16(4)10-13)22-7-8-23(21(22)24)20-17(5)11-14(2)12-18(20)6;1-7-5-3-2-4-6-7;2*1-2-4-6-5-3-1;;;/h7-12,21,24H,1-6H3;2-6H,1H3;2*1-5H;2*1H;/p-2. The van der Waals surface area contributed by atoms with Gasteiger partial charge in [-0.1, -0.05) is 83.4 Å². The molecule has 0 atom stereocenters. The van der Waals surface area contributed by atoms with Crippen LogP contribution in [0.25, 0.3) is 0 Å². The van der Waals surface area contributed by atoms with E-state index in [2.05, 4.69) is 117 Å². The van der Waals surface area contributed by atoms with E-state index in [1.807, 2.05) is 54.6 Å². The predicted molar refractivity (Wildman–Crippen MR) is 188 cm³/mol. The van der Waals surface area contributed by atoms with Gasteiger partial charge in [0, 0.05) is 68.0 Å². The number of hydrogen-bond acceptors (Lipinski definition) is 5. The third-order valence-electron chi connectivity index (χ3n) is 6.75. The third kappa shape index (κ3) is 13.3. The minimum atomic E-state index is -0.0368. The van der Waals surface area contributed by atoms with Gasteiger partial charge in [-0.2, -0.15) is 0 Å². The van der Waals surface area contributed by atoms with Crippen molar-refractivity contribution in [3.05, 3.63) is 167 Å². The summed E-state index contributed by atoms with van der Waals surface area (Å²) < 4.78 is 0. The molecule has 0 N–H and O–H groups in total. The number of thiol groups is 1. The van der Waals surface area contributed by atoms with E-state index in [4.69, 9.17) is 12.6 Å². The average Bonchev–Trinajstić information content (AvgIpc) is 3.35. The Morgan fingerprint density at radius 3 is 1.00 bits per heavy atom. The van der Waals surface area contributed by atoms with Crippen LogP contribution in [0.4, 0.5) is 11.4 Å². The van der Waals surface area contributed by atoms with Crippen LogP contribution >= 0.6 is 12.6 Å². The normalized spacial score (nSPS) is 11.1. The first-order valence-electron chi connectivity index (χ1n) is 14.5. The molecule has 0 fully saturated rings. The molecule has 46 heavy (non-hydrogen) atoms. The second-order valence-corrected chi connectivity index (χ2v) is 11.1. The van der Waals surface area contributed by atoms with Crippen molar-refractivity contribution in [3.8, 4) is 0 Å². The molecule has 0 unspecified atom stereocenters. The number of benzene rings is 3. The van der Waals surface area contributed by atoms with E-state index >= 15 is 0 Å². The maximum atomic E-state index is 4.94. The summed E-state index contributed by atoms with van der Waals surface area (Å²) in [5.74, 6) is 0. The van der Waals surface area contributed by atoms with Gasteiger partial charge in [-0.25, -0.2) is 0 Å². The SMILES string of the molecule is Cc1cc(C)c(N2C=CN(c3c(C)cc(C)cc3C)C2S)c(C)c1.Cc1ccccc1.[Cl-].[Cl-].[Ru].c1ccncc1.c1ccncc1. The Morgan fingerprint density at radius 1 is 0.478 bits per heavy atom. The van der Waals surface area contributed by atoms with Crippen LogP contribution in [0.2, 0.25) is 0 Å². The van der Waals surface area contributed by atoms with Crippen molar-refractivity contribution in [2.75, 3.05) is 9.80 Å². The van der Waals surface area contributed by atoms with E-state index in [1.165, 1.54) is 50.3 Å². The molecule has 2 aromatic heterocycles. The van der Waals surface area contributed by atoms with Gasteiger partial charge in [-0.05, 0) is 95.0 Å². The number of pyridine rings is 2. The summed E-state index contributed by atoms with van der Waals surface area (Å²) >= 11 is 4.94. The van der Waals surface area contributed by atoms with Gasteiger partial charge in [0.15, 0.2) is 5.50 Å².